The molecule has 2 rings (SSSR count). The zero-order chi connectivity index (χ0) is 14.0. The molecule has 3 heteroatoms. The Balaban J connectivity index is 1.89. The van der Waals surface area contributed by atoms with E-state index in [0.717, 1.165) is 12.8 Å². The quantitative estimate of drug-likeness (QED) is 0.878. The van der Waals surface area contributed by atoms with Crippen molar-refractivity contribution in [3.8, 4) is 0 Å². The second-order valence-electron chi connectivity index (χ2n) is 6.53. The van der Waals surface area contributed by atoms with Crippen molar-refractivity contribution in [1.29, 1.82) is 0 Å². The van der Waals surface area contributed by atoms with Crippen LogP contribution in [-0.2, 0) is 5.41 Å². The van der Waals surface area contributed by atoms with Crippen LogP contribution in [0.4, 0.5) is 0 Å². The van der Waals surface area contributed by atoms with Gasteiger partial charge in [-0.1, -0.05) is 32.9 Å². The number of amides is 1. The monoisotopic (exact) mass is 261 g/mol. The van der Waals surface area contributed by atoms with Crippen LogP contribution in [0.15, 0.2) is 24.3 Å². The molecule has 0 aliphatic heterocycles. The number of benzene rings is 1. The lowest BCUT2D eigenvalue weighted by atomic mass is 9.82. The molecule has 0 aromatic heterocycles. The number of nitrogens with one attached hydrogen (secondary N) is 1. The highest BCUT2D eigenvalue weighted by atomic mass is 16.3. The minimum atomic E-state index is -0.159. The Bertz CT molecular complexity index is 439. The van der Waals surface area contributed by atoms with Crippen LogP contribution in [0.3, 0.4) is 0 Å². The van der Waals surface area contributed by atoms with Crippen LogP contribution in [-0.4, -0.2) is 23.7 Å². The maximum absolute atomic E-state index is 12.0. The molecule has 1 fully saturated rings. The van der Waals surface area contributed by atoms with E-state index in [-0.39, 0.29) is 17.4 Å². The van der Waals surface area contributed by atoms with Gasteiger partial charge in [0.25, 0.3) is 5.91 Å². The van der Waals surface area contributed by atoms with E-state index in [1.807, 2.05) is 24.3 Å². The largest absolute Gasteiger partial charge is 0.393 e. The Morgan fingerprint density at radius 1 is 1.26 bits per heavy atom. The molecule has 1 saturated carbocycles. The van der Waals surface area contributed by atoms with Gasteiger partial charge in [-0.3, -0.25) is 4.79 Å². The minimum absolute atomic E-state index is 0.0261. The van der Waals surface area contributed by atoms with Crippen molar-refractivity contribution in [2.45, 2.75) is 45.1 Å². The molecule has 1 amide bonds. The highest BCUT2D eigenvalue weighted by molar-refractivity contribution is 5.94. The summed E-state index contributed by atoms with van der Waals surface area (Å²) in [6, 6.07) is 7.79. The van der Waals surface area contributed by atoms with E-state index >= 15 is 0 Å². The average Bonchev–Trinajstić information content (AvgIpc) is 2.32. The predicted molar refractivity (Wildman–Crippen MR) is 76.2 cm³/mol. The van der Waals surface area contributed by atoms with Crippen molar-refractivity contribution in [3.05, 3.63) is 35.4 Å². The third kappa shape index (κ3) is 3.57. The van der Waals surface area contributed by atoms with E-state index in [1.54, 1.807) is 0 Å². The molecule has 1 aromatic rings. The maximum atomic E-state index is 12.0. The van der Waals surface area contributed by atoms with E-state index in [1.165, 1.54) is 5.56 Å². The molecular weight excluding hydrogens is 238 g/mol. The van der Waals surface area contributed by atoms with E-state index in [0.29, 0.717) is 18.0 Å². The fraction of sp³-hybridized carbons (Fsp3) is 0.562. The third-order valence-electron chi connectivity index (χ3n) is 3.78. The lowest BCUT2D eigenvalue weighted by molar-refractivity contribution is 0.0420. The molecule has 0 bridgehead atoms. The lowest BCUT2D eigenvalue weighted by Gasteiger charge is -2.31. The molecule has 0 heterocycles. The first-order valence-electron chi connectivity index (χ1n) is 6.93. The Labute approximate surface area is 115 Å². The number of carbonyl (C=O) groups excluding carboxylic acids is 1. The number of rotatable bonds is 3. The maximum Gasteiger partial charge on any atom is 0.251 e. The highest BCUT2D eigenvalue weighted by Gasteiger charge is 2.27. The summed E-state index contributed by atoms with van der Waals surface area (Å²) in [5.74, 6) is 0.412. The van der Waals surface area contributed by atoms with E-state index < -0.39 is 0 Å². The Hall–Kier alpha value is -1.35. The molecule has 3 nitrogen and oxygen atoms in total. The normalized spacial score (nSPS) is 22.7. The number of aliphatic hydroxyl groups is 1. The Morgan fingerprint density at radius 3 is 2.32 bits per heavy atom. The van der Waals surface area contributed by atoms with Gasteiger partial charge in [-0.05, 0) is 41.9 Å². The van der Waals surface area contributed by atoms with Gasteiger partial charge in [0.15, 0.2) is 0 Å². The second kappa shape index (κ2) is 5.33. The van der Waals surface area contributed by atoms with Crippen LogP contribution in [0, 0.1) is 5.92 Å². The first kappa shape index (κ1) is 14.1. The predicted octanol–water partition coefficient (Wildman–Crippen LogP) is 2.48. The van der Waals surface area contributed by atoms with Crippen LogP contribution in [0.2, 0.25) is 0 Å². The molecule has 19 heavy (non-hydrogen) atoms. The highest BCUT2D eigenvalue weighted by Crippen LogP contribution is 2.26. The van der Waals surface area contributed by atoms with Crippen LogP contribution in [0.1, 0.15) is 49.5 Å². The minimum Gasteiger partial charge on any atom is -0.393 e. The first-order chi connectivity index (χ1) is 8.86. The fourth-order valence-electron chi connectivity index (χ4n) is 2.33. The summed E-state index contributed by atoms with van der Waals surface area (Å²) in [6.07, 6.45) is 1.46. The first-order valence-corrected chi connectivity index (χ1v) is 6.93. The van der Waals surface area contributed by atoms with Gasteiger partial charge in [-0.25, -0.2) is 0 Å². The van der Waals surface area contributed by atoms with Crippen molar-refractivity contribution in [3.63, 3.8) is 0 Å². The van der Waals surface area contributed by atoms with Crippen LogP contribution < -0.4 is 5.32 Å². The number of hydrogen-bond acceptors (Lipinski definition) is 2. The molecule has 0 saturated heterocycles. The smallest absolute Gasteiger partial charge is 0.251 e. The number of aliphatic hydroxyl groups excluding tert-OH is 1. The SMILES string of the molecule is CC(C)(C)c1ccc(C(=O)NCC2CC(O)C2)cc1. The van der Waals surface area contributed by atoms with Gasteiger partial charge in [-0.2, -0.15) is 0 Å². The lowest BCUT2D eigenvalue weighted by Crippen LogP contribution is -2.38. The summed E-state index contributed by atoms with van der Waals surface area (Å²) in [7, 11) is 0. The second-order valence-corrected chi connectivity index (χ2v) is 6.53. The van der Waals surface area contributed by atoms with E-state index in [4.69, 9.17) is 0 Å². The number of carbonyl (C=O) groups is 1. The van der Waals surface area contributed by atoms with Gasteiger partial charge < -0.3 is 10.4 Å². The summed E-state index contributed by atoms with van der Waals surface area (Å²) in [6.45, 7) is 7.13. The zero-order valence-electron chi connectivity index (χ0n) is 11.9. The molecule has 1 aliphatic rings. The van der Waals surface area contributed by atoms with E-state index in [2.05, 4.69) is 26.1 Å². The van der Waals surface area contributed by atoms with Gasteiger partial charge in [0.2, 0.25) is 0 Å². The van der Waals surface area contributed by atoms with Gasteiger partial charge in [0.05, 0.1) is 6.10 Å². The summed E-state index contributed by atoms with van der Waals surface area (Å²) in [4.78, 5) is 12.0. The number of hydrogen-bond donors (Lipinski definition) is 2. The molecule has 1 aromatic carbocycles. The van der Waals surface area contributed by atoms with Gasteiger partial charge in [0.1, 0.15) is 0 Å². The molecule has 1 aliphatic carbocycles. The van der Waals surface area contributed by atoms with Crippen molar-refractivity contribution >= 4 is 5.91 Å². The Kier molecular flexibility index (Phi) is 3.95. The zero-order valence-corrected chi connectivity index (χ0v) is 11.9. The van der Waals surface area contributed by atoms with Crippen LogP contribution in [0.25, 0.3) is 0 Å². The summed E-state index contributed by atoms with van der Waals surface area (Å²) in [5, 5.41) is 12.1. The molecule has 0 radical (unpaired) electrons. The summed E-state index contributed by atoms with van der Waals surface area (Å²) < 4.78 is 0. The Morgan fingerprint density at radius 2 is 1.84 bits per heavy atom. The van der Waals surface area contributed by atoms with Gasteiger partial charge >= 0.3 is 0 Å². The molecule has 104 valence electrons. The van der Waals surface area contributed by atoms with E-state index in [9.17, 15) is 9.90 Å². The third-order valence-corrected chi connectivity index (χ3v) is 3.78. The standard InChI is InChI=1S/C16H23NO2/c1-16(2,3)13-6-4-12(5-7-13)15(19)17-10-11-8-14(18)9-11/h4-7,11,14,18H,8-10H2,1-3H3,(H,17,19). The molecular formula is C16H23NO2. The van der Waals surface area contributed by atoms with Crippen molar-refractivity contribution < 1.29 is 9.90 Å². The van der Waals surface area contributed by atoms with Crippen LogP contribution >= 0.6 is 0 Å². The fourth-order valence-corrected chi connectivity index (χ4v) is 2.33. The molecule has 0 unspecified atom stereocenters. The van der Waals surface area contributed by atoms with Crippen LogP contribution in [0.5, 0.6) is 0 Å². The van der Waals surface area contributed by atoms with Gasteiger partial charge in [-0.15, -0.1) is 0 Å². The van der Waals surface area contributed by atoms with Crippen molar-refractivity contribution in [1.82, 2.24) is 5.32 Å². The topological polar surface area (TPSA) is 49.3 Å². The molecule has 2 N–H and O–H groups in total. The summed E-state index contributed by atoms with van der Waals surface area (Å²) >= 11 is 0. The van der Waals surface area contributed by atoms with Gasteiger partial charge in [0, 0.05) is 12.1 Å². The summed E-state index contributed by atoms with van der Waals surface area (Å²) in [5.41, 5.74) is 2.04. The molecule has 0 atom stereocenters. The van der Waals surface area contributed by atoms with Crippen molar-refractivity contribution in [2.75, 3.05) is 6.54 Å². The molecule has 0 spiro atoms. The average molecular weight is 261 g/mol. The van der Waals surface area contributed by atoms with Crippen molar-refractivity contribution in [2.24, 2.45) is 5.92 Å².